The third-order valence-corrected chi connectivity index (χ3v) is 4.98. The number of rotatable bonds is 6. The van der Waals surface area contributed by atoms with Crippen molar-refractivity contribution in [2.75, 3.05) is 6.26 Å². The van der Waals surface area contributed by atoms with Gasteiger partial charge in [-0.2, -0.15) is 5.10 Å². The number of aryl methyl sites for hydroxylation is 1. The van der Waals surface area contributed by atoms with E-state index in [1.165, 1.54) is 6.42 Å². The Labute approximate surface area is 147 Å². The summed E-state index contributed by atoms with van der Waals surface area (Å²) in [5, 5.41) is 14.3. The summed E-state index contributed by atoms with van der Waals surface area (Å²) in [7, 11) is 0. The summed E-state index contributed by atoms with van der Waals surface area (Å²) < 4.78 is 8.16. The van der Waals surface area contributed by atoms with Crippen molar-refractivity contribution < 1.29 is 9.84 Å². The van der Waals surface area contributed by atoms with Crippen LogP contribution in [0.3, 0.4) is 0 Å². The van der Waals surface area contributed by atoms with Crippen molar-refractivity contribution in [2.45, 2.75) is 44.6 Å². The van der Waals surface area contributed by atoms with Crippen LogP contribution in [0.4, 0.5) is 0 Å². The van der Waals surface area contributed by atoms with Gasteiger partial charge in [-0.1, -0.05) is 12.3 Å². The predicted molar refractivity (Wildman–Crippen MR) is 97.4 cm³/mol. The minimum atomic E-state index is -0.127. The molecule has 0 saturated heterocycles. The highest BCUT2D eigenvalue weighted by atomic mass is 32.2. The molecule has 1 N–H and O–H groups in total. The number of aliphatic hydroxyl groups is 1. The monoisotopic (exact) mass is 342 g/mol. The zero-order valence-electron chi connectivity index (χ0n) is 14.1. The van der Waals surface area contributed by atoms with E-state index < -0.39 is 0 Å². The van der Waals surface area contributed by atoms with E-state index in [9.17, 15) is 5.11 Å². The molecule has 1 aromatic heterocycles. The molecule has 24 heavy (non-hydrogen) atoms. The molecule has 4 nitrogen and oxygen atoms in total. The molecule has 1 heterocycles. The first-order valence-electron chi connectivity index (χ1n) is 8.12. The molecule has 3 rings (SSSR count). The van der Waals surface area contributed by atoms with Crippen molar-refractivity contribution in [3.63, 3.8) is 0 Å². The third kappa shape index (κ3) is 3.17. The van der Waals surface area contributed by atoms with Crippen molar-refractivity contribution >= 4 is 11.8 Å². The van der Waals surface area contributed by atoms with Gasteiger partial charge < -0.3 is 9.84 Å². The van der Waals surface area contributed by atoms with Crippen LogP contribution >= 0.6 is 11.8 Å². The lowest BCUT2D eigenvalue weighted by atomic mass is 9.82. The van der Waals surface area contributed by atoms with Crippen LogP contribution < -0.4 is 4.74 Å². The molecule has 0 spiro atoms. The molecule has 126 valence electrons. The smallest absolute Gasteiger partial charge is 0.174 e. The lowest BCUT2D eigenvalue weighted by Crippen LogP contribution is -2.15. The number of hydrogen-bond acceptors (Lipinski definition) is 4. The maximum atomic E-state index is 9.72. The summed E-state index contributed by atoms with van der Waals surface area (Å²) in [5.74, 6) is 5.33. The first kappa shape index (κ1) is 16.9. The van der Waals surface area contributed by atoms with E-state index in [1.54, 1.807) is 11.8 Å². The Morgan fingerprint density at radius 1 is 1.46 bits per heavy atom. The standard InChI is InChI=1S/C19H22N2O2S/c1-4-14-8-9-16(10-13(14)2)23-19-17(11-22)20-21(12-24-3)18(19)15-6-5-7-15/h1,8-10,15,22H,5-7,11-12H2,2-3H3. The quantitative estimate of drug-likeness (QED) is 0.805. The molecule has 0 unspecified atom stereocenters. The van der Waals surface area contributed by atoms with Crippen molar-refractivity contribution in [3.8, 4) is 23.8 Å². The molecule has 0 atom stereocenters. The van der Waals surface area contributed by atoms with Crippen LogP contribution in [0.1, 0.15) is 47.7 Å². The summed E-state index contributed by atoms with van der Waals surface area (Å²) in [6.45, 7) is 1.84. The van der Waals surface area contributed by atoms with E-state index >= 15 is 0 Å². The van der Waals surface area contributed by atoms with Gasteiger partial charge in [-0.3, -0.25) is 4.68 Å². The molecule has 0 amide bonds. The first-order chi connectivity index (χ1) is 11.7. The highest BCUT2D eigenvalue weighted by Crippen LogP contribution is 2.44. The SMILES string of the molecule is C#Cc1ccc(Oc2c(CO)nn(CSC)c2C2CCC2)cc1C. The molecule has 2 aromatic rings. The van der Waals surface area contributed by atoms with Crippen LogP contribution in [0, 0.1) is 19.3 Å². The molecule has 1 aromatic carbocycles. The second-order valence-electron chi connectivity index (χ2n) is 6.09. The Morgan fingerprint density at radius 2 is 2.25 bits per heavy atom. The molecule has 5 heteroatoms. The maximum absolute atomic E-state index is 9.72. The second kappa shape index (κ2) is 7.33. The zero-order valence-corrected chi connectivity index (χ0v) is 14.9. The molecule has 1 saturated carbocycles. The summed E-state index contributed by atoms with van der Waals surface area (Å²) in [5.41, 5.74) is 3.58. The number of nitrogens with zero attached hydrogens (tertiary/aromatic N) is 2. The normalized spacial score (nSPS) is 14.2. The summed E-state index contributed by atoms with van der Waals surface area (Å²) in [4.78, 5) is 0. The summed E-state index contributed by atoms with van der Waals surface area (Å²) in [6.07, 6.45) is 11.1. The number of terminal acetylenes is 1. The van der Waals surface area contributed by atoms with Gasteiger partial charge in [0.05, 0.1) is 18.2 Å². The molecule has 1 fully saturated rings. The lowest BCUT2D eigenvalue weighted by molar-refractivity contribution is 0.270. The van der Waals surface area contributed by atoms with Gasteiger partial charge in [0.15, 0.2) is 5.75 Å². The number of hydrogen-bond donors (Lipinski definition) is 1. The summed E-state index contributed by atoms with van der Waals surface area (Å²) in [6, 6.07) is 5.70. The molecule has 0 bridgehead atoms. The van der Waals surface area contributed by atoms with Crippen molar-refractivity contribution in [3.05, 3.63) is 40.7 Å². The number of benzene rings is 1. The van der Waals surface area contributed by atoms with Crippen LogP contribution in [-0.4, -0.2) is 21.1 Å². The Bertz CT molecular complexity index is 772. The van der Waals surface area contributed by atoms with Gasteiger partial charge >= 0.3 is 0 Å². The molecule has 0 radical (unpaired) electrons. The van der Waals surface area contributed by atoms with Crippen molar-refractivity contribution in [1.29, 1.82) is 0 Å². The van der Waals surface area contributed by atoms with Gasteiger partial charge in [0.2, 0.25) is 0 Å². The average molecular weight is 342 g/mol. The van der Waals surface area contributed by atoms with E-state index in [4.69, 9.17) is 11.2 Å². The molecular formula is C19H22N2O2S. The maximum Gasteiger partial charge on any atom is 0.174 e. The predicted octanol–water partition coefficient (Wildman–Crippen LogP) is 4.05. The van der Waals surface area contributed by atoms with Gasteiger partial charge in [-0.25, -0.2) is 0 Å². The van der Waals surface area contributed by atoms with Crippen LogP contribution in [0.5, 0.6) is 11.5 Å². The Hall–Kier alpha value is -1.90. The fraction of sp³-hybridized carbons (Fsp3) is 0.421. The van der Waals surface area contributed by atoms with Crippen LogP contribution in [0.15, 0.2) is 18.2 Å². The van der Waals surface area contributed by atoms with Crippen LogP contribution in [-0.2, 0) is 12.5 Å². The minimum Gasteiger partial charge on any atom is -0.453 e. The Kier molecular flexibility index (Phi) is 5.17. The van der Waals surface area contributed by atoms with E-state index in [0.29, 0.717) is 17.4 Å². The molecule has 1 aliphatic rings. The van der Waals surface area contributed by atoms with Crippen LogP contribution in [0.25, 0.3) is 0 Å². The fourth-order valence-electron chi connectivity index (χ4n) is 3.00. The Balaban J connectivity index is 1.99. The molecule has 0 aliphatic heterocycles. The van der Waals surface area contributed by atoms with Gasteiger partial charge in [0, 0.05) is 11.5 Å². The summed E-state index contributed by atoms with van der Waals surface area (Å²) >= 11 is 1.71. The molecular weight excluding hydrogens is 320 g/mol. The topological polar surface area (TPSA) is 47.3 Å². The minimum absolute atomic E-state index is 0.127. The van der Waals surface area contributed by atoms with Gasteiger partial charge in [-0.15, -0.1) is 18.2 Å². The number of aromatic nitrogens is 2. The average Bonchev–Trinajstić information content (AvgIpc) is 2.84. The van der Waals surface area contributed by atoms with E-state index in [2.05, 4.69) is 11.0 Å². The van der Waals surface area contributed by atoms with Crippen LogP contribution in [0.2, 0.25) is 0 Å². The highest BCUT2D eigenvalue weighted by molar-refractivity contribution is 7.97. The third-order valence-electron chi connectivity index (χ3n) is 4.48. The molecule has 1 aliphatic carbocycles. The first-order valence-corrected chi connectivity index (χ1v) is 9.51. The van der Waals surface area contributed by atoms with Gasteiger partial charge in [0.25, 0.3) is 0 Å². The number of ether oxygens (including phenoxy) is 1. The van der Waals surface area contributed by atoms with E-state index in [0.717, 1.165) is 41.3 Å². The fourth-order valence-corrected chi connectivity index (χ4v) is 3.44. The van der Waals surface area contributed by atoms with Crippen molar-refractivity contribution in [1.82, 2.24) is 9.78 Å². The lowest BCUT2D eigenvalue weighted by Gasteiger charge is -2.27. The number of aliphatic hydroxyl groups excluding tert-OH is 1. The zero-order chi connectivity index (χ0) is 17.1. The highest BCUT2D eigenvalue weighted by Gasteiger charge is 2.30. The van der Waals surface area contributed by atoms with E-state index in [1.807, 2.05) is 36.1 Å². The number of thioether (sulfide) groups is 1. The van der Waals surface area contributed by atoms with Crippen molar-refractivity contribution in [2.24, 2.45) is 0 Å². The largest absolute Gasteiger partial charge is 0.453 e. The van der Waals surface area contributed by atoms with E-state index in [-0.39, 0.29) is 6.61 Å². The Morgan fingerprint density at radius 3 is 2.79 bits per heavy atom. The van der Waals surface area contributed by atoms with Gasteiger partial charge in [-0.05, 0) is 49.8 Å². The van der Waals surface area contributed by atoms with Gasteiger partial charge in [0.1, 0.15) is 11.4 Å². The second-order valence-corrected chi connectivity index (χ2v) is 6.92.